The van der Waals surface area contributed by atoms with Crippen LogP contribution in [0.15, 0.2) is 48.5 Å². The maximum atomic E-state index is 11.9. The molecular weight excluding hydrogens is 276 g/mol. The molecule has 0 aliphatic carbocycles. The van der Waals surface area contributed by atoms with Gasteiger partial charge in [-0.2, -0.15) is 0 Å². The molecule has 0 amide bonds. The van der Waals surface area contributed by atoms with Crippen molar-refractivity contribution in [1.29, 1.82) is 0 Å². The van der Waals surface area contributed by atoms with Crippen molar-refractivity contribution in [2.45, 2.75) is 39.0 Å². The maximum Gasteiger partial charge on any atom is 0.311 e. The first-order valence-electron chi connectivity index (χ1n) is 7.44. The van der Waals surface area contributed by atoms with E-state index in [1.807, 2.05) is 51.1 Å². The average molecular weight is 298 g/mol. The zero-order valence-electron chi connectivity index (χ0n) is 13.3. The summed E-state index contributed by atoms with van der Waals surface area (Å²) in [6.07, 6.45) is 0.986. The van der Waals surface area contributed by atoms with Crippen molar-refractivity contribution in [3.63, 3.8) is 0 Å². The van der Waals surface area contributed by atoms with Crippen LogP contribution >= 0.6 is 0 Å². The van der Waals surface area contributed by atoms with E-state index < -0.39 is 0 Å². The minimum atomic E-state index is -0.269. The summed E-state index contributed by atoms with van der Waals surface area (Å²) in [5.74, 6) is 0.423. The van der Waals surface area contributed by atoms with Gasteiger partial charge in [-0.1, -0.05) is 51.1 Å². The summed E-state index contributed by atoms with van der Waals surface area (Å²) >= 11 is 0. The van der Waals surface area contributed by atoms with Gasteiger partial charge in [-0.05, 0) is 35.6 Å². The molecule has 2 aromatic carbocycles. The van der Waals surface area contributed by atoms with Crippen LogP contribution < -0.4 is 4.74 Å². The van der Waals surface area contributed by atoms with E-state index in [4.69, 9.17) is 4.74 Å². The number of rotatable bonds is 4. The highest BCUT2D eigenvalue weighted by Gasteiger charge is 2.19. The highest BCUT2D eigenvalue weighted by Crippen LogP contribution is 2.33. The van der Waals surface area contributed by atoms with Crippen LogP contribution in [0.25, 0.3) is 0 Å². The van der Waals surface area contributed by atoms with Crippen LogP contribution in [-0.2, 0) is 16.6 Å². The van der Waals surface area contributed by atoms with Gasteiger partial charge in [0.15, 0.2) is 0 Å². The molecule has 0 aromatic heterocycles. The van der Waals surface area contributed by atoms with E-state index in [0.717, 1.165) is 11.1 Å². The Morgan fingerprint density at radius 3 is 2.41 bits per heavy atom. The van der Waals surface area contributed by atoms with Gasteiger partial charge < -0.3 is 9.84 Å². The number of aromatic hydroxyl groups is 1. The summed E-state index contributed by atoms with van der Waals surface area (Å²) in [6, 6.07) is 14.8. The number of hydrogen-bond donors (Lipinski definition) is 1. The van der Waals surface area contributed by atoms with E-state index in [0.29, 0.717) is 18.6 Å². The average Bonchev–Trinajstić information content (AvgIpc) is 2.47. The third kappa shape index (κ3) is 4.35. The molecule has 0 unspecified atom stereocenters. The SMILES string of the molecule is CC(C)(C)c1cc(OC(=O)CCc2ccccc2)ccc1O. The first-order valence-corrected chi connectivity index (χ1v) is 7.44. The second kappa shape index (κ2) is 6.65. The number of benzene rings is 2. The molecule has 0 atom stereocenters. The third-order valence-electron chi connectivity index (χ3n) is 3.47. The Labute approximate surface area is 131 Å². The van der Waals surface area contributed by atoms with Gasteiger partial charge in [0, 0.05) is 12.0 Å². The normalized spacial score (nSPS) is 11.2. The lowest BCUT2D eigenvalue weighted by molar-refractivity contribution is -0.134. The van der Waals surface area contributed by atoms with E-state index in [1.165, 1.54) is 0 Å². The molecule has 0 aliphatic heterocycles. The predicted octanol–water partition coefficient (Wildman–Crippen LogP) is 4.23. The molecule has 116 valence electrons. The second-order valence-electron chi connectivity index (χ2n) is 6.39. The van der Waals surface area contributed by atoms with Crippen LogP contribution in [0.3, 0.4) is 0 Å². The summed E-state index contributed by atoms with van der Waals surface area (Å²) < 4.78 is 5.38. The van der Waals surface area contributed by atoms with Crippen LogP contribution in [0, 0.1) is 0 Å². The number of aryl methyl sites for hydroxylation is 1. The standard InChI is InChI=1S/C19H22O3/c1-19(2,3)16-13-15(10-11-17(16)20)22-18(21)12-9-14-7-5-4-6-8-14/h4-8,10-11,13,20H,9,12H2,1-3H3. The Kier molecular flexibility index (Phi) is 4.86. The van der Waals surface area contributed by atoms with E-state index >= 15 is 0 Å². The van der Waals surface area contributed by atoms with Crippen molar-refractivity contribution in [3.8, 4) is 11.5 Å². The molecule has 0 saturated heterocycles. The molecular formula is C19H22O3. The second-order valence-corrected chi connectivity index (χ2v) is 6.39. The third-order valence-corrected chi connectivity index (χ3v) is 3.47. The molecule has 3 heteroatoms. The molecule has 0 spiro atoms. The highest BCUT2D eigenvalue weighted by atomic mass is 16.5. The Balaban J connectivity index is 2.00. The summed E-state index contributed by atoms with van der Waals surface area (Å²) in [7, 11) is 0. The van der Waals surface area contributed by atoms with Crippen molar-refractivity contribution in [1.82, 2.24) is 0 Å². The van der Waals surface area contributed by atoms with Crippen molar-refractivity contribution in [2.75, 3.05) is 0 Å². The Hall–Kier alpha value is -2.29. The fraction of sp³-hybridized carbons (Fsp3) is 0.316. The van der Waals surface area contributed by atoms with Crippen molar-refractivity contribution in [3.05, 3.63) is 59.7 Å². The lowest BCUT2D eigenvalue weighted by Crippen LogP contribution is -2.13. The van der Waals surface area contributed by atoms with Gasteiger partial charge in [-0.25, -0.2) is 0 Å². The van der Waals surface area contributed by atoms with Crippen LogP contribution in [0.5, 0.6) is 11.5 Å². The number of ether oxygens (including phenoxy) is 1. The minimum Gasteiger partial charge on any atom is -0.508 e. The lowest BCUT2D eigenvalue weighted by Gasteiger charge is -2.21. The van der Waals surface area contributed by atoms with Gasteiger partial charge in [-0.3, -0.25) is 4.79 Å². The van der Waals surface area contributed by atoms with Crippen molar-refractivity contribution >= 4 is 5.97 Å². The summed E-state index contributed by atoms with van der Waals surface area (Å²) in [5.41, 5.74) is 1.66. The summed E-state index contributed by atoms with van der Waals surface area (Å²) in [5, 5.41) is 9.92. The van der Waals surface area contributed by atoms with Gasteiger partial charge in [-0.15, -0.1) is 0 Å². The topological polar surface area (TPSA) is 46.5 Å². The Morgan fingerprint density at radius 1 is 1.09 bits per heavy atom. The number of carbonyl (C=O) groups excluding carboxylic acids is 1. The number of phenolic OH excluding ortho intramolecular Hbond substituents is 1. The first kappa shape index (κ1) is 16.1. The monoisotopic (exact) mass is 298 g/mol. The van der Waals surface area contributed by atoms with Gasteiger partial charge in [0.1, 0.15) is 11.5 Å². The molecule has 0 radical (unpaired) electrons. The molecule has 3 nitrogen and oxygen atoms in total. The van der Waals surface area contributed by atoms with E-state index in [-0.39, 0.29) is 17.1 Å². The molecule has 0 heterocycles. The van der Waals surface area contributed by atoms with Gasteiger partial charge in [0.05, 0.1) is 0 Å². The number of esters is 1. The van der Waals surface area contributed by atoms with E-state index in [9.17, 15) is 9.90 Å². The van der Waals surface area contributed by atoms with Crippen LogP contribution in [0.1, 0.15) is 38.3 Å². The molecule has 22 heavy (non-hydrogen) atoms. The lowest BCUT2D eigenvalue weighted by atomic mass is 9.86. The van der Waals surface area contributed by atoms with Crippen LogP contribution in [-0.4, -0.2) is 11.1 Å². The van der Waals surface area contributed by atoms with Gasteiger partial charge in [0.25, 0.3) is 0 Å². The zero-order valence-corrected chi connectivity index (χ0v) is 13.3. The zero-order chi connectivity index (χ0) is 16.2. The number of phenols is 1. The van der Waals surface area contributed by atoms with Crippen LogP contribution in [0.4, 0.5) is 0 Å². The van der Waals surface area contributed by atoms with Gasteiger partial charge in [0.2, 0.25) is 0 Å². The molecule has 0 aliphatic rings. The molecule has 1 N–H and O–H groups in total. The largest absolute Gasteiger partial charge is 0.508 e. The van der Waals surface area contributed by atoms with E-state index in [1.54, 1.807) is 18.2 Å². The highest BCUT2D eigenvalue weighted by molar-refractivity contribution is 5.72. The van der Waals surface area contributed by atoms with Crippen molar-refractivity contribution < 1.29 is 14.6 Å². The Bertz CT molecular complexity index is 639. The number of hydrogen-bond acceptors (Lipinski definition) is 3. The summed E-state index contributed by atoms with van der Waals surface area (Å²) in [4.78, 5) is 11.9. The molecule has 2 aromatic rings. The summed E-state index contributed by atoms with van der Waals surface area (Å²) in [6.45, 7) is 6.01. The van der Waals surface area contributed by atoms with Gasteiger partial charge >= 0.3 is 5.97 Å². The van der Waals surface area contributed by atoms with Crippen LogP contribution in [0.2, 0.25) is 0 Å². The quantitative estimate of drug-likeness (QED) is 0.679. The first-order chi connectivity index (χ1) is 10.4. The van der Waals surface area contributed by atoms with E-state index in [2.05, 4.69) is 0 Å². The Morgan fingerprint density at radius 2 is 1.77 bits per heavy atom. The minimum absolute atomic E-state index is 0.212. The smallest absolute Gasteiger partial charge is 0.311 e. The number of carbonyl (C=O) groups is 1. The molecule has 0 fully saturated rings. The maximum absolute atomic E-state index is 11.9. The fourth-order valence-electron chi connectivity index (χ4n) is 2.25. The molecule has 0 bridgehead atoms. The molecule has 0 saturated carbocycles. The van der Waals surface area contributed by atoms with Crippen molar-refractivity contribution in [2.24, 2.45) is 0 Å². The fourth-order valence-corrected chi connectivity index (χ4v) is 2.25. The predicted molar refractivity (Wildman–Crippen MR) is 87.2 cm³/mol. The molecule has 2 rings (SSSR count).